The van der Waals surface area contributed by atoms with Crippen molar-refractivity contribution in [2.24, 2.45) is 0 Å². The minimum atomic E-state index is -0.491. The average Bonchev–Trinajstić information content (AvgIpc) is 3.87. The van der Waals surface area contributed by atoms with Crippen molar-refractivity contribution in [3.05, 3.63) is 95.1 Å². The zero-order valence-electron chi connectivity index (χ0n) is 33.0. The monoisotopic (exact) mass is 732 g/mol. The largest absolute Gasteiger partial charge is 0.324 e. The maximum Gasteiger partial charge on any atom is 0.164 e. The predicted molar refractivity (Wildman–Crippen MR) is 222 cm³/mol. The van der Waals surface area contributed by atoms with E-state index >= 15 is 0 Å². The molecule has 2 aliphatic rings. The van der Waals surface area contributed by atoms with Crippen LogP contribution in [0.4, 0.5) is 0 Å². The molecule has 10 heteroatoms. The van der Waals surface area contributed by atoms with Crippen molar-refractivity contribution in [1.82, 2.24) is 39.5 Å². The summed E-state index contributed by atoms with van der Waals surface area (Å²) >= 11 is 0. The highest BCUT2D eigenvalue weighted by Crippen LogP contribution is 2.46. The highest BCUT2D eigenvalue weighted by Gasteiger charge is 2.35. The maximum atomic E-state index is 10.9. The smallest absolute Gasteiger partial charge is 0.164 e. The second-order valence-corrected chi connectivity index (χ2v) is 17.6. The summed E-state index contributed by atoms with van der Waals surface area (Å²) in [5, 5.41) is 24.9. The SMILES string of the molecule is CC(C)(C)c1c(C#N)c(C#N)c2c3nc4nc(nc5c6ccccc6c(nc6nc(nc([nH]3)c2c1C(C)(C)C)-c1ccccc1-6)n5C(C)(C)C)-c1ccccc1-4. The highest BCUT2D eigenvalue weighted by molar-refractivity contribution is 6.12. The van der Waals surface area contributed by atoms with Crippen molar-refractivity contribution in [2.75, 3.05) is 0 Å². The molecule has 0 spiro atoms. The number of nitriles is 2. The lowest BCUT2D eigenvalue weighted by atomic mass is 9.70. The van der Waals surface area contributed by atoms with E-state index in [2.05, 4.69) is 96.1 Å². The van der Waals surface area contributed by atoms with E-state index in [1.165, 1.54) is 0 Å². The molecule has 4 aromatic carbocycles. The molecule has 0 atom stereocenters. The topological polar surface area (TPSA) is 146 Å². The fourth-order valence-electron chi connectivity index (χ4n) is 8.36. The fraction of sp³-hybridized carbons (Fsp3) is 0.261. The molecule has 0 fully saturated rings. The van der Waals surface area contributed by atoms with Gasteiger partial charge in [-0.15, -0.1) is 0 Å². The molecule has 0 saturated carbocycles. The summed E-state index contributed by atoms with van der Waals surface area (Å²) in [4.78, 5) is 35.1. The van der Waals surface area contributed by atoms with Crippen molar-refractivity contribution in [2.45, 2.75) is 78.7 Å². The zero-order chi connectivity index (χ0) is 39.5. The molecule has 9 rings (SSSR count). The molecule has 0 unspecified atom stereocenters. The Balaban J connectivity index is 1.62. The number of H-pyrrole nitrogens is 1. The molecule has 2 aliphatic heterocycles. The third-order valence-corrected chi connectivity index (χ3v) is 10.5. The Labute approximate surface area is 324 Å². The molecular formula is C46H40N10. The Kier molecular flexibility index (Phi) is 7.40. The average molecular weight is 733 g/mol. The van der Waals surface area contributed by atoms with Crippen LogP contribution in [-0.4, -0.2) is 39.5 Å². The van der Waals surface area contributed by atoms with E-state index in [1.54, 1.807) is 0 Å². The summed E-state index contributed by atoms with van der Waals surface area (Å²) in [6, 6.07) is 28.9. The van der Waals surface area contributed by atoms with E-state index in [4.69, 9.17) is 29.9 Å². The van der Waals surface area contributed by atoms with E-state index in [0.29, 0.717) is 45.5 Å². The van der Waals surface area contributed by atoms with Gasteiger partial charge in [-0.05, 0) is 42.7 Å². The van der Waals surface area contributed by atoms with Crippen molar-refractivity contribution in [3.8, 4) is 57.7 Å². The minimum absolute atomic E-state index is 0.244. The first kappa shape index (κ1) is 35.0. The van der Waals surface area contributed by atoms with Gasteiger partial charge in [0, 0.05) is 49.3 Å². The van der Waals surface area contributed by atoms with Crippen molar-refractivity contribution >= 4 is 44.1 Å². The molecule has 0 saturated heterocycles. The first-order chi connectivity index (χ1) is 26.6. The maximum absolute atomic E-state index is 10.9. The third kappa shape index (κ3) is 5.13. The van der Waals surface area contributed by atoms with E-state index in [-0.39, 0.29) is 5.56 Å². The Bertz CT molecular complexity index is 3110. The molecule has 0 radical (unpaired) electrons. The summed E-state index contributed by atoms with van der Waals surface area (Å²) < 4.78 is 2.17. The van der Waals surface area contributed by atoms with Gasteiger partial charge in [0.15, 0.2) is 23.3 Å². The molecule has 0 amide bonds. The Morgan fingerprint density at radius 2 is 0.875 bits per heavy atom. The van der Waals surface area contributed by atoms with E-state index < -0.39 is 16.4 Å². The first-order valence-corrected chi connectivity index (χ1v) is 18.8. The molecule has 7 aromatic rings. The van der Waals surface area contributed by atoms with Gasteiger partial charge in [0.1, 0.15) is 34.7 Å². The van der Waals surface area contributed by atoms with Crippen molar-refractivity contribution in [3.63, 3.8) is 0 Å². The molecule has 0 aliphatic carbocycles. The Morgan fingerprint density at radius 3 is 1.27 bits per heavy atom. The molecular weight excluding hydrogens is 693 g/mol. The van der Waals surface area contributed by atoms with Gasteiger partial charge >= 0.3 is 0 Å². The van der Waals surface area contributed by atoms with Crippen LogP contribution >= 0.6 is 0 Å². The number of nitrogens with one attached hydrogen (secondary N) is 1. The normalized spacial score (nSPS) is 12.7. The number of hydrogen-bond acceptors (Lipinski definition) is 8. The number of aromatic nitrogens is 8. The van der Waals surface area contributed by atoms with Crippen LogP contribution in [0.15, 0.2) is 72.8 Å². The summed E-state index contributed by atoms with van der Waals surface area (Å²) in [6.07, 6.45) is 0. The molecule has 5 heterocycles. The number of fused-ring (bicyclic) bond motifs is 20. The van der Waals surface area contributed by atoms with Crippen LogP contribution in [-0.2, 0) is 16.4 Å². The zero-order valence-corrected chi connectivity index (χ0v) is 33.0. The van der Waals surface area contributed by atoms with Crippen LogP contribution in [0, 0.1) is 22.7 Å². The molecule has 3 aromatic heterocycles. The first-order valence-electron chi connectivity index (χ1n) is 18.8. The van der Waals surface area contributed by atoms with Gasteiger partial charge in [0.05, 0.1) is 11.1 Å². The molecule has 8 bridgehead atoms. The second kappa shape index (κ2) is 11.9. The molecule has 1 N–H and O–H groups in total. The lowest BCUT2D eigenvalue weighted by Gasteiger charge is -2.32. The van der Waals surface area contributed by atoms with Crippen LogP contribution in [0.2, 0.25) is 0 Å². The summed E-state index contributed by atoms with van der Waals surface area (Å²) in [5.41, 5.74) is 6.54. The highest BCUT2D eigenvalue weighted by atomic mass is 15.2. The lowest BCUT2D eigenvalue weighted by Crippen LogP contribution is -2.24. The van der Waals surface area contributed by atoms with Gasteiger partial charge in [-0.25, -0.2) is 29.9 Å². The van der Waals surface area contributed by atoms with Crippen molar-refractivity contribution < 1.29 is 0 Å². The predicted octanol–water partition coefficient (Wildman–Crippen LogP) is 10.4. The number of hydrogen-bond donors (Lipinski definition) is 1. The van der Waals surface area contributed by atoms with E-state index in [0.717, 1.165) is 60.8 Å². The number of benzene rings is 4. The van der Waals surface area contributed by atoms with Gasteiger partial charge in [0.25, 0.3) is 0 Å². The quantitative estimate of drug-likeness (QED) is 0.162. The van der Waals surface area contributed by atoms with Crippen LogP contribution in [0.5, 0.6) is 0 Å². The summed E-state index contributed by atoms with van der Waals surface area (Å²) in [7, 11) is 0. The van der Waals surface area contributed by atoms with Gasteiger partial charge < -0.3 is 9.55 Å². The molecule has 56 heavy (non-hydrogen) atoms. The third-order valence-electron chi connectivity index (χ3n) is 10.5. The van der Waals surface area contributed by atoms with Crippen molar-refractivity contribution in [1.29, 1.82) is 10.5 Å². The Morgan fingerprint density at radius 1 is 0.482 bits per heavy atom. The molecule has 10 nitrogen and oxygen atoms in total. The summed E-state index contributed by atoms with van der Waals surface area (Å²) in [5.74, 6) is 1.95. The Hall–Kier alpha value is -6.78. The standard InChI is InChI=1S/C46H40N10/c1-44(2,3)34-31(23-48)30(22-47)32-33(35(34)45(4,5)6)41-52-37-25-17-11-13-19-27(25)39(50-37)55-43-29-21-15-14-20-28(29)42(56(43)46(7,8)9)54-38-26-18-12-10-16-24(26)36(49-38)51-40(32)53-41/h10-21H,1-9H3,(H,49,50,51,52,53,54,55). The van der Waals surface area contributed by atoms with Gasteiger partial charge in [0.2, 0.25) is 0 Å². The molecule has 274 valence electrons. The van der Waals surface area contributed by atoms with Crippen LogP contribution < -0.4 is 0 Å². The van der Waals surface area contributed by atoms with Crippen LogP contribution in [0.1, 0.15) is 84.6 Å². The van der Waals surface area contributed by atoms with Crippen LogP contribution in [0.3, 0.4) is 0 Å². The van der Waals surface area contributed by atoms with E-state index in [1.807, 2.05) is 60.7 Å². The number of rotatable bonds is 0. The second-order valence-electron chi connectivity index (χ2n) is 17.6. The lowest BCUT2D eigenvalue weighted by molar-refractivity contribution is 0.419. The summed E-state index contributed by atoms with van der Waals surface area (Å²) in [6.45, 7) is 19.1. The van der Waals surface area contributed by atoms with Crippen LogP contribution in [0.25, 0.3) is 89.7 Å². The van der Waals surface area contributed by atoms with Gasteiger partial charge in [-0.2, -0.15) is 10.5 Å². The van der Waals surface area contributed by atoms with Gasteiger partial charge in [-0.3, -0.25) is 0 Å². The minimum Gasteiger partial charge on any atom is -0.324 e. The fourth-order valence-corrected chi connectivity index (χ4v) is 8.36. The van der Waals surface area contributed by atoms with E-state index in [9.17, 15) is 10.5 Å². The van der Waals surface area contributed by atoms with Gasteiger partial charge in [-0.1, -0.05) is 114 Å². The number of aromatic amines is 1. The number of nitrogens with zero attached hydrogens (tertiary/aromatic N) is 9.